The van der Waals surface area contributed by atoms with E-state index in [0.717, 1.165) is 0 Å². The highest BCUT2D eigenvalue weighted by Gasteiger charge is 2.07. The molecule has 1 aromatic carbocycles. The predicted molar refractivity (Wildman–Crippen MR) is 71.5 cm³/mol. The minimum absolute atomic E-state index is 0.278. The van der Waals surface area contributed by atoms with Crippen LogP contribution in [0.25, 0.3) is 0 Å². The van der Waals surface area contributed by atoms with Crippen molar-refractivity contribution in [2.24, 2.45) is 10.7 Å². The van der Waals surface area contributed by atoms with Crippen molar-refractivity contribution in [1.29, 1.82) is 5.41 Å². The van der Waals surface area contributed by atoms with Gasteiger partial charge in [0.2, 0.25) is 0 Å². The Hall–Kier alpha value is -2.56. The predicted octanol–water partition coefficient (Wildman–Crippen LogP) is 1.36. The summed E-state index contributed by atoms with van der Waals surface area (Å²) in [7, 11) is 0. The van der Waals surface area contributed by atoms with Crippen LogP contribution in [-0.2, 0) is 0 Å². The van der Waals surface area contributed by atoms with Gasteiger partial charge in [-0.25, -0.2) is 4.99 Å². The minimum atomic E-state index is 0.278. The molecule has 1 aliphatic carbocycles. The van der Waals surface area contributed by atoms with Crippen molar-refractivity contribution in [3.63, 3.8) is 0 Å². The maximum absolute atomic E-state index is 7.73. The number of hydrogen-bond acceptors (Lipinski definition) is 5. The number of nitrogens with one attached hydrogen (secondary N) is 1. The fraction of sp³-hybridized carbons (Fsp3) is 0. The highest BCUT2D eigenvalue weighted by Crippen LogP contribution is 2.22. The monoisotopic (exact) mass is 227 g/mol. The van der Waals surface area contributed by atoms with Gasteiger partial charge in [-0.1, -0.05) is 0 Å². The van der Waals surface area contributed by atoms with Crippen LogP contribution in [0.3, 0.4) is 0 Å². The van der Waals surface area contributed by atoms with Gasteiger partial charge in [-0.15, -0.1) is 0 Å². The molecule has 0 atom stereocenters. The lowest BCUT2D eigenvalue weighted by Gasteiger charge is -2.07. The molecule has 0 bridgehead atoms. The molecule has 5 heteroatoms. The summed E-state index contributed by atoms with van der Waals surface area (Å²) in [6.07, 6.45) is 4.96. The molecule has 0 saturated heterocycles. The molecule has 0 unspecified atom stereocenters. The number of rotatable bonds is 1. The Morgan fingerprint density at radius 1 is 1.00 bits per heavy atom. The van der Waals surface area contributed by atoms with Gasteiger partial charge in [0, 0.05) is 5.70 Å². The lowest BCUT2D eigenvalue weighted by Crippen LogP contribution is -2.14. The van der Waals surface area contributed by atoms with Crippen molar-refractivity contribution < 1.29 is 0 Å². The number of anilines is 2. The zero-order chi connectivity index (χ0) is 12.4. The van der Waals surface area contributed by atoms with E-state index >= 15 is 0 Å². The second kappa shape index (κ2) is 4.13. The third-order valence-electron chi connectivity index (χ3n) is 2.34. The SMILES string of the molecule is N=C1C=C(N)C=CC1=Nc1ccc(N)c(N)c1. The second-order valence-corrected chi connectivity index (χ2v) is 3.70. The van der Waals surface area contributed by atoms with Gasteiger partial charge in [0.25, 0.3) is 0 Å². The summed E-state index contributed by atoms with van der Waals surface area (Å²) in [4.78, 5) is 4.31. The Morgan fingerprint density at radius 2 is 1.76 bits per heavy atom. The van der Waals surface area contributed by atoms with Crippen LogP contribution in [-0.4, -0.2) is 11.4 Å². The van der Waals surface area contributed by atoms with Crippen LogP contribution >= 0.6 is 0 Å². The van der Waals surface area contributed by atoms with Crippen LogP contribution in [0.15, 0.2) is 47.1 Å². The van der Waals surface area contributed by atoms with Gasteiger partial charge in [0.1, 0.15) is 0 Å². The number of benzene rings is 1. The standard InChI is InChI=1S/C12H13N5/c13-7-1-4-12(11(16)5-7)17-8-2-3-9(14)10(15)6-8/h1-6,16H,13-15H2. The van der Waals surface area contributed by atoms with Crippen molar-refractivity contribution in [2.75, 3.05) is 11.5 Å². The van der Waals surface area contributed by atoms with Crippen LogP contribution in [0.4, 0.5) is 17.1 Å². The first-order valence-electron chi connectivity index (χ1n) is 5.04. The molecule has 1 aromatic rings. The fourth-order valence-corrected chi connectivity index (χ4v) is 1.42. The van der Waals surface area contributed by atoms with E-state index in [-0.39, 0.29) is 5.71 Å². The van der Waals surface area contributed by atoms with Crippen molar-refractivity contribution in [3.05, 3.63) is 42.1 Å². The molecule has 86 valence electrons. The van der Waals surface area contributed by atoms with Crippen LogP contribution < -0.4 is 17.2 Å². The average Bonchev–Trinajstić information content (AvgIpc) is 2.27. The van der Waals surface area contributed by atoms with Crippen molar-refractivity contribution >= 4 is 28.5 Å². The van der Waals surface area contributed by atoms with Gasteiger partial charge in [0.05, 0.1) is 28.5 Å². The molecule has 1 aliphatic rings. The summed E-state index contributed by atoms with van der Waals surface area (Å²) in [6, 6.07) is 5.11. The third-order valence-corrected chi connectivity index (χ3v) is 2.34. The summed E-state index contributed by atoms with van der Waals surface area (Å²) in [5.74, 6) is 0. The topological polar surface area (TPSA) is 114 Å². The van der Waals surface area contributed by atoms with E-state index in [9.17, 15) is 0 Å². The molecule has 2 rings (SSSR count). The number of nitrogens with two attached hydrogens (primary N) is 3. The van der Waals surface area contributed by atoms with Gasteiger partial charge in [-0.2, -0.15) is 0 Å². The van der Waals surface area contributed by atoms with Crippen LogP contribution in [0.2, 0.25) is 0 Å². The van der Waals surface area contributed by atoms with Crippen molar-refractivity contribution in [3.8, 4) is 0 Å². The Kier molecular flexibility index (Phi) is 2.66. The largest absolute Gasteiger partial charge is 0.399 e. The Balaban J connectivity index is 2.34. The summed E-state index contributed by atoms with van der Waals surface area (Å²) >= 11 is 0. The van der Waals surface area contributed by atoms with Gasteiger partial charge in [0.15, 0.2) is 0 Å². The number of hydrogen-bond donors (Lipinski definition) is 4. The lowest BCUT2D eigenvalue weighted by molar-refractivity contribution is 1.41. The molecular formula is C12H13N5. The van der Waals surface area contributed by atoms with E-state index in [4.69, 9.17) is 22.6 Å². The smallest absolute Gasteiger partial charge is 0.0887 e. The molecule has 0 amide bonds. The molecule has 0 heterocycles. The van der Waals surface area contributed by atoms with Crippen LogP contribution in [0, 0.1) is 5.41 Å². The first-order valence-corrected chi connectivity index (χ1v) is 5.04. The van der Waals surface area contributed by atoms with Gasteiger partial charge >= 0.3 is 0 Å². The zero-order valence-corrected chi connectivity index (χ0v) is 9.14. The zero-order valence-electron chi connectivity index (χ0n) is 9.14. The van der Waals surface area contributed by atoms with Crippen molar-refractivity contribution in [1.82, 2.24) is 0 Å². The highest BCUT2D eigenvalue weighted by molar-refractivity contribution is 6.50. The molecule has 0 saturated carbocycles. The molecule has 17 heavy (non-hydrogen) atoms. The lowest BCUT2D eigenvalue weighted by atomic mass is 10.1. The molecule has 0 fully saturated rings. The Morgan fingerprint density at radius 3 is 2.41 bits per heavy atom. The number of allylic oxidation sites excluding steroid dienone is 3. The normalized spacial score (nSPS) is 17.3. The van der Waals surface area contributed by atoms with Gasteiger partial charge < -0.3 is 17.2 Å². The molecule has 0 aliphatic heterocycles. The van der Waals surface area contributed by atoms with Gasteiger partial charge in [-0.05, 0) is 36.4 Å². The summed E-state index contributed by atoms with van der Waals surface area (Å²) < 4.78 is 0. The highest BCUT2D eigenvalue weighted by atomic mass is 14.8. The van der Waals surface area contributed by atoms with E-state index in [2.05, 4.69) is 4.99 Å². The van der Waals surface area contributed by atoms with E-state index < -0.39 is 0 Å². The molecule has 7 N–H and O–H groups in total. The van der Waals surface area contributed by atoms with E-state index in [0.29, 0.717) is 28.5 Å². The summed E-state index contributed by atoms with van der Waals surface area (Å²) in [5.41, 5.74) is 19.9. The molecule has 0 spiro atoms. The molecule has 0 radical (unpaired) electrons. The first kappa shape index (κ1) is 10.9. The molecular weight excluding hydrogens is 214 g/mol. The Bertz CT molecular complexity index is 566. The third kappa shape index (κ3) is 2.34. The van der Waals surface area contributed by atoms with Crippen LogP contribution in [0.5, 0.6) is 0 Å². The maximum atomic E-state index is 7.73. The average molecular weight is 227 g/mol. The quantitative estimate of drug-likeness (QED) is 0.429. The first-order chi connectivity index (χ1) is 8.06. The second-order valence-electron chi connectivity index (χ2n) is 3.70. The summed E-state index contributed by atoms with van der Waals surface area (Å²) in [6.45, 7) is 0. The van der Waals surface area contributed by atoms with Crippen LogP contribution in [0.1, 0.15) is 0 Å². The minimum Gasteiger partial charge on any atom is -0.399 e. The van der Waals surface area contributed by atoms with E-state index in [1.165, 1.54) is 0 Å². The van der Waals surface area contributed by atoms with E-state index in [1.807, 2.05) is 0 Å². The number of aliphatic imine (C=N–C) groups is 1. The number of nitrogens with zero attached hydrogens (tertiary/aromatic N) is 1. The number of nitrogen functional groups attached to an aromatic ring is 2. The molecule has 0 aromatic heterocycles. The Labute approximate surface area is 98.8 Å². The maximum Gasteiger partial charge on any atom is 0.0887 e. The molecule has 5 nitrogen and oxygen atoms in total. The van der Waals surface area contributed by atoms with Gasteiger partial charge in [-0.3, -0.25) is 5.41 Å². The van der Waals surface area contributed by atoms with Crippen molar-refractivity contribution in [2.45, 2.75) is 0 Å². The van der Waals surface area contributed by atoms with E-state index in [1.54, 1.807) is 36.4 Å². The fourth-order valence-electron chi connectivity index (χ4n) is 1.42. The summed E-state index contributed by atoms with van der Waals surface area (Å²) in [5, 5.41) is 7.73.